The minimum atomic E-state index is -0.492. The van der Waals surface area contributed by atoms with Gasteiger partial charge in [-0.1, -0.05) is 25.1 Å². The van der Waals surface area contributed by atoms with Crippen molar-refractivity contribution in [1.29, 1.82) is 0 Å². The molecule has 0 aliphatic carbocycles. The van der Waals surface area contributed by atoms with Crippen LogP contribution in [-0.4, -0.2) is 24.8 Å². The van der Waals surface area contributed by atoms with Gasteiger partial charge in [0.15, 0.2) is 0 Å². The van der Waals surface area contributed by atoms with Crippen molar-refractivity contribution in [3.8, 4) is 5.75 Å². The molecule has 1 fully saturated rings. The molecule has 1 aromatic rings. The van der Waals surface area contributed by atoms with E-state index in [4.69, 9.17) is 4.74 Å². The van der Waals surface area contributed by atoms with Crippen molar-refractivity contribution in [3.05, 3.63) is 29.8 Å². The summed E-state index contributed by atoms with van der Waals surface area (Å²) in [6, 6.07) is 7.82. The van der Waals surface area contributed by atoms with Gasteiger partial charge in [0.05, 0.1) is 13.2 Å². The van der Waals surface area contributed by atoms with Gasteiger partial charge in [-0.05, 0) is 31.4 Å². The number of rotatable bonds is 3. The van der Waals surface area contributed by atoms with Gasteiger partial charge in [0.1, 0.15) is 5.75 Å². The summed E-state index contributed by atoms with van der Waals surface area (Å²) in [6.45, 7) is 3.22. The van der Waals surface area contributed by atoms with Crippen LogP contribution in [0.4, 0.5) is 0 Å². The second kappa shape index (κ2) is 5.52. The molecule has 2 N–H and O–H groups in total. The van der Waals surface area contributed by atoms with Crippen LogP contribution in [0.1, 0.15) is 31.4 Å². The molecular formula is C14H21NO2. The monoisotopic (exact) mass is 235 g/mol. The van der Waals surface area contributed by atoms with Gasteiger partial charge in [-0.15, -0.1) is 0 Å². The second-order valence-corrected chi connectivity index (χ2v) is 4.88. The summed E-state index contributed by atoms with van der Waals surface area (Å²) >= 11 is 0. The first-order valence-electron chi connectivity index (χ1n) is 6.26. The Labute approximate surface area is 103 Å². The fraction of sp³-hybridized carbons (Fsp3) is 0.571. The van der Waals surface area contributed by atoms with Crippen LogP contribution in [0.15, 0.2) is 24.3 Å². The number of hydrogen-bond donors (Lipinski definition) is 2. The highest BCUT2D eigenvalue weighted by molar-refractivity contribution is 5.35. The number of para-hydroxylation sites is 1. The lowest BCUT2D eigenvalue weighted by Crippen LogP contribution is -2.41. The maximum atomic E-state index is 10.4. The molecule has 0 bridgehead atoms. The fourth-order valence-electron chi connectivity index (χ4n) is 2.52. The van der Waals surface area contributed by atoms with Gasteiger partial charge in [-0.25, -0.2) is 0 Å². The lowest BCUT2D eigenvalue weighted by Gasteiger charge is -2.32. The Hall–Kier alpha value is -1.06. The van der Waals surface area contributed by atoms with Crippen LogP contribution in [0.3, 0.4) is 0 Å². The number of nitrogens with one attached hydrogen (secondary N) is 1. The van der Waals surface area contributed by atoms with Crippen molar-refractivity contribution < 1.29 is 9.84 Å². The van der Waals surface area contributed by atoms with E-state index in [1.165, 1.54) is 6.42 Å². The lowest BCUT2D eigenvalue weighted by atomic mass is 9.88. The largest absolute Gasteiger partial charge is 0.496 e. The normalized spacial score (nSPS) is 26.5. The van der Waals surface area contributed by atoms with E-state index in [-0.39, 0.29) is 6.04 Å². The number of hydrogen-bond acceptors (Lipinski definition) is 3. The van der Waals surface area contributed by atoms with Crippen molar-refractivity contribution in [1.82, 2.24) is 5.32 Å². The number of ether oxygens (including phenoxy) is 1. The molecule has 1 saturated heterocycles. The van der Waals surface area contributed by atoms with Crippen LogP contribution < -0.4 is 10.1 Å². The van der Waals surface area contributed by atoms with E-state index in [0.717, 1.165) is 24.3 Å². The van der Waals surface area contributed by atoms with Gasteiger partial charge in [0.25, 0.3) is 0 Å². The first kappa shape index (κ1) is 12.4. The Balaban J connectivity index is 2.15. The standard InChI is InChI=1S/C14H21NO2/c1-10-7-8-15-12(9-10)14(16)11-5-3-4-6-13(11)17-2/h3-6,10,12,14-16H,7-9H2,1-2H3. The summed E-state index contributed by atoms with van der Waals surface area (Å²) in [5, 5.41) is 13.8. The van der Waals surface area contributed by atoms with E-state index in [9.17, 15) is 5.11 Å². The van der Waals surface area contributed by atoms with E-state index in [1.54, 1.807) is 7.11 Å². The van der Waals surface area contributed by atoms with Gasteiger partial charge in [0, 0.05) is 11.6 Å². The first-order chi connectivity index (χ1) is 8.22. The number of aliphatic hydroxyl groups is 1. The second-order valence-electron chi connectivity index (χ2n) is 4.88. The van der Waals surface area contributed by atoms with Crippen molar-refractivity contribution in [2.24, 2.45) is 5.92 Å². The maximum absolute atomic E-state index is 10.4. The summed E-state index contributed by atoms with van der Waals surface area (Å²) in [5.41, 5.74) is 0.876. The zero-order chi connectivity index (χ0) is 12.3. The molecule has 3 nitrogen and oxygen atoms in total. The molecule has 0 amide bonds. The predicted molar refractivity (Wildman–Crippen MR) is 68.1 cm³/mol. The van der Waals surface area contributed by atoms with Gasteiger partial charge < -0.3 is 15.2 Å². The van der Waals surface area contributed by atoms with Crippen molar-refractivity contribution in [3.63, 3.8) is 0 Å². The van der Waals surface area contributed by atoms with E-state index in [1.807, 2.05) is 24.3 Å². The Kier molecular flexibility index (Phi) is 4.02. The summed E-state index contributed by atoms with van der Waals surface area (Å²) in [6.07, 6.45) is 1.71. The third kappa shape index (κ3) is 2.79. The van der Waals surface area contributed by atoms with Crippen LogP contribution in [0, 0.1) is 5.92 Å². The number of aliphatic hydroxyl groups excluding tert-OH is 1. The average Bonchev–Trinajstić information content (AvgIpc) is 2.38. The predicted octanol–water partition coefficient (Wildman–Crippen LogP) is 2.12. The fourth-order valence-corrected chi connectivity index (χ4v) is 2.52. The minimum absolute atomic E-state index is 0.134. The van der Waals surface area contributed by atoms with Crippen LogP contribution >= 0.6 is 0 Å². The quantitative estimate of drug-likeness (QED) is 0.843. The number of benzene rings is 1. The summed E-state index contributed by atoms with van der Waals surface area (Å²) in [7, 11) is 1.64. The Morgan fingerprint density at radius 2 is 2.18 bits per heavy atom. The number of methoxy groups -OCH3 is 1. The molecule has 94 valence electrons. The van der Waals surface area contributed by atoms with Crippen LogP contribution in [0.25, 0.3) is 0 Å². The molecule has 17 heavy (non-hydrogen) atoms. The SMILES string of the molecule is COc1ccccc1C(O)C1CC(C)CCN1. The van der Waals surface area contributed by atoms with Gasteiger partial charge in [-0.3, -0.25) is 0 Å². The highest BCUT2D eigenvalue weighted by Gasteiger charge is 2.27. The molecule has 1 aromatic carbocycles. The Morgan fingerprint density at radius 3 is 2.88 bits per heavy atom. The zero-order valence-corrected chi connectivity index (χ0v) is 10.5. The van der Waals surface area contributed by atoms with Gasteiger partial charge in [0.2, 0.25) is 0 Å². The summed E-state index contributed by atoms with van der Waals surface area (Å²) < 4.78 is 5.30. The molecule has 0 radical (unpaired) electrons. The highest BCUT2D eigenvalue weighted by Crippen LogP contribution is 2.31. The summed E-state index contributed by atoms with van der Waals surface area (Å²) in [5.74, 6) is 1.44. The van der Waals surface area contributed by atoms with Crippen LogP contribution in [-0.2, 0) is 0 Å². The number of piperidine rings is 1. The molecule has 3 heteroatoms. The van der Waals surface area contributed by atoms with E-state index < -0.39 is 6.10 Å². The molecule has 1 heterocycles. The molecule has 0 aromatic heterocycles. The maximum Gasteiger partial charge on any atom is 0.124 e. The van der Waals surface area contributed by atoms with Gasteiger partial charge in [-0.2, -0.15) is 0 Å². The molecule has 2 rings (SSSR count). The Morgan fingerprint density at radius 1 is 1.41 bits per heavy atom. The lowest BCUT2D eigenvalue weighted by molar-refractivity contribution is 0.0989. The molecule has 3 atom stereocenters. The Bertz CT molecular complexity index is 367. The minimum Gasteiger partial charge on any atom is -0.496 e. The molecule has 1 aliphatic rings. The van der Waals surface area contributed by atoms with Gasteiger partial charge >= 0.3 is 0 Å². The molecule has 0 saturated carbocycles. The summed E-state index contributed by atoms with van der Waals surface area (Å²) in [4.78, 5) is 0. The molecule has 1 aliphatic heterocycles. The van der Waals surface area contributed by atoms with Crippen molar-refractivity contribution >= 4 is 0 Å². The third-order valence-electron chi connectivity index (χ3n) is 3.54. The van der Waals surface area contributed by atoms with Crippen molar-refractivity contribution in [2.45, 2.75) is 31.9 Å². The molecule has 3 unspecified atom stereocenters. The first-order valence-corrected chi connectivity index (χ1v) is 6.26. The average molecular weight is 235 g/mol. The highest BCUT2D eigenvalue weighted by atomic mass is 16.5. The van der Waals surface area contributed by atoms with E-state index in [2.05, 4.69) is 12.2 Å². The van der Waals surface area contributed by atoms with E-state index >= 15 is 0 Å². The van der Waals surface area contributed by atoms with Crippen LogP contribution in [0.5, 0.6) is 5.75 Å². The van der Waals surface area contributed by atoms with E-state index in [0.29, 0.717) is 5.92 Å². The zero-order valence-electron chi connectivity index (χ0n) is 10.5. The smallest absolute Gasteiger partial charge is 0.124 e. The topological polar surface area (TPSA) is 41.5 Å². The third-order valence-corrected chi connectivity index (χ3v) is 3.54. The molecular weight excluding hydrogens is 214 g/mol. The van der Waals surface area contributed by atoms with Crippen LogP contribution in [0.2, 0.25) is 0 Å². The molecule has 0 spiro atoms. The van der Waals surface area contributed by atoms with Crippen molar-refractivity contribution in [2.75, 3.05) is 13.7 Å².